The van der Waals surface area contributed by atoms with Gasteiger partial charge < -0.3 is 24.8 Å². The Morgan fingerprint density at radius 1 is 0.442 bits per heavy atom. The van der Waals surface area contributed by atoms with Gasteiger partial charge in [0.05, 0.1) is 23.4 Å². The van der Waals surface area contributed by atoms with Crippen LogP contribution in [0, 0.1) is 42.4 Å². The van der Waals surface area contributed by atoms with Crippen molar-refractivity contribution in [3.63, 3.8) is 0 Å². The summed E-state index contributed by atoms with van der Waals surface area (Å²) in [6, 6.07) is 48.8. The van der Waals surface area contributed by atoms with Gasteiger partial charge in [0, 0.05) is 30.5 Å². The predicted molar refractivity (Wildman–Crippen MR) is 369 cm³/mol. The van der Waals surface area contributed by atoms with E-state index in [1.165, 1.54) is 22.3 Å². The van der Waals surface area contributed by atoms with Gasteiger partial charge in [-0.3, -0.25) is 24.0 Å². The van der Waals surface area contributed by atoms with Gasteiger partial charge >= 0.3 is 17.9 Å². The van der Waals surface area contributed by atoms with Crippen molar-refractivity contribution in [3.05, 3.63) is 174 Å². The Bertz CT molecular complexity index is 2630. The minimum atomic E-state index is -0.439. The summed E-state index contributed by atoms with van der Waals surface area (Å²) in [5.74, 6) is 1.21. The molecule has 0 bridgehead atoms. The molecule has 0 aromatic heterocycles. The average Bonchev–Trinajstić information content (AvgIpc) is 3.13. The molecule has 6 aromatic rings. The minimum Gasteiger partial charge on any atom is -0.465 e. The normalized spacial score (nSPS) is 10.8. The fourth-order valence-electron chi connectivity index (χ4n) is 6.41. The number of hydrogen-bond donors (Lipinski definition) is 2. The van der Waals surface area contributed by atoms with Crippen molar-refractivity contribution < 1.29 is 38.2 Å². The lowest BCUT2D eigenvalue weighted by Crippen LogP contribution is -2.28. The summed E-state index contributed by atoms with van der Waals surface area (Å²) >= 11 is 0. The number of hydrogen-bond acceptors (Lipinski definition) is 8. The molecule has 0 fully saturated rings. The Morgan fingerprint density at radius 2 is 0.849 bits per heavy atom. The second kappa shape index (κ2) is 52.3. The number of carbonyl (C=O) groups is 5. The summed E-state index contributed by atoms with van der Waals surface area (Å²) in [6.45, 7) is 48.6. The Labute approximate surface area is 524 Å². The number of rotatable bonds is 18. The molecule has 0 saturated heterocycles. The van der Waals surface area contributed by atoms with E-state index in [1.807, 2.05) is 274 Å². The molecule has 0 spiro atoms. The molecule has 0 radical (unpaired) electrons. The first kappa shape index (κ1) is 85.4. The number of anilines is 1. The molecule has 6 rings (SSSR count). The standard InChI is InChI=1S/C16H18O2.C14H21NO.C13H18O2.C12H16O2.C11H15NO.5C2H6/c1-4-16(2,3)15(17)18-14-10-9-12-7-5-6-8-13(12)11-14;1-5-12(4)14(16)15-9-13-7-10(2)6-11(3)8-13;1-3-11(2)13(14)15-10-9-12-7-5-4-6-8-12;1-4-12(2,3)11(13)14-10-8-6-5-7-9-10;1-3-9(2)11(13)12-10-7-5-4-6-8-10;5*1-2/h5-11H,4H2,1-3H3;6-8,12H,5,9H2,1-4H3,(H,15,16);4-8,11H,3,9-10H2,1-2H3;5-9H,4H2,1-3H3;4-9H,3H2,1-2H3,(H,12,13);5*1-2H3. The Kier molecular flexibility index (Phi) is 51.9. The molecule has 480 valence electrons. The maximum atomic E-state index is 12.0. The molecule has 86 heavy (non-hydrogen) atoms. The number of esters is 3. The van der Waals surface area contributed by atoms with E-state index < -0.39 is 10.8 Å². The SMILES string of the molecule is CC.CC.CC.CC.CC.CCC(C)(C)C(=O)Oc1ccc2ccccc2c1.CCC(C)(C)C(=O)Oc1ccccc1.CCC(C)C(=O)NCc1cc(C)cc(C)c1.CCC(C)C(=O)Nc1ccccc1.CCC(C)C(=O)OCCc1ccccc1. The van der Waals surface area contributed by atoms with Crippen molar-refractivity contribution in [2.24, 2.45) is 28.6 Å². The molecule has 0 aliphatic carbocycles. The molecule has 2 N–H and O–H groups in total. The number of carbonyl (C=O) groups excluding carboxylic acids is 5. The molecule has 0 aliphatic rings. The van der Waals surface area contributed by atoms with E-state index in [-0.39, 0.29) is 47.5 Å². The summed E-state index contributed by atoms with van der Waals surface area (Å²) in [7, 11) is 0. The van der Waals surface area contributed by atoms with E-state index in [2.05, 4.69) is 42.7 Å². The van der Waals surface area contributed by atoms with Crippen LogP contribution in [0.3, 0.4) is 0 Å². The lowest BCUT2D eigenvalue weighted by molar-refractivity contribution is -0.148. The predicted octanol–water partition coefficient (Wildman–Crippen LogP) is 20.8. The van der Waals surface area contributed by atoms with Crippen LogP contribution >= 0.6 is 0 Å². The fourth-order valence-corrected chi connectivity index (χ4v) is 6.41. The van der Waals surface area contributed by atoms with Crippen LogP contribution in [0.15, 0.2) is 152 Å². The molecule has 0 saturated carbocycles. The molecular weight excluding hydrogens is 1070 g/mol. The van der Waals surface area contributed by atoms with Gasteiger partial charge in [-0.25, -0.2) is 0 Å². The second-order valence-corrected chi connectivity index (χ2v) is 20.5. The Hall–Kier alpha value is -7.07. The molecule has 0 aliphatic heterocycles. The molecule has 3 atom stereocenters. The lowest BCUT2D eigenvalue weighted by atomic mass is 9.91. The lowest BCUT2D eigenvalue weighted by Gasteiger charge is -2.20. The van der Waals surface area contributed by atoms with Crippen LogP contribution in [0.1, 0.15) is 207 Å². The topological polar surface area (TPSA) is 137 Å². The number of nitrogens with one attached hydrogen (secondary N) is 2. The quantitative estimate of drug-likeness (QED) is 0.0641. The van der Waals surface area contributed by atoms with Crippen molar-refractivity contribution in [2.45, 2.75) is 211 Å². The smallest absolute Gasteiger partial charge is 0.316 e. The van der Waals surface area contributed by atoms with E-state index in [1.54, 1.807) is 12.1 Å². The number of benzene rings is 6. The van der Waals surface area contributed by atoms with Gasteiger partial charge in [-0.15, -0.1) is 0 Å². The summed E-state index contributed by atoms with van der Waals surface area (Å²) in [5.41, 5.74) is 4.89. The third-order valence-corrected chi connectivity index (χ3v) is 13.2. The van der Waals surface area contributed by atoms with E-state index in [0.29, 0.717) is 24.7 Å². The second-order valence-electron chi connectivity index (χ2n) is 20.5. The van der Waals surface area contributed by atoms with Crippen molar-refractivity contribution in [1.29, 1.82) is 0 Å². The highest BCUT2D eigenvalue weighted by molar-refractivity contribution is 5.92. The number of para-hydroxylation sites is 2. The first-order valence-corrected chi connectivity index (χ1v) is 32.0. The highest BCUT2D eigenvalue weighted by Crippen LogP contribution is 2.27. The Balaban J connectivity index is -0.000000472. The zero-order valence-electron chi connectivity index (χ0n) is 58.1. The monoisotopic (exact) mass is 1190 g/mol. The van der Waals surface area contributed by atoms with Crippen LogP contribution in [0.2, 0.25) is 0 Å². The van der Waals surface area contributed by atoms with Crippen molar-refractivity contribution >= 4 is 46.2 Å². The molecular formula is C76H118N2O8. The van der Waals surface area contributed by atoms with Gasteiger partial charge in [0.1, 0.15) is 11.5 Å². The van der Waals surface area contributed by atoms with E-state index in [9.17, 15) is 24.0 Å². The van der Waals surface area contributed by atoms with Crippen molar-refractivity contribution in [1.82, 2.24) is 5.32 Å². The third kappa shape index (κ3) is 38.1. The van der Waals surface area contributed by atoms with E-state index >= 15 is 0 Å². The largest absolute Gasteiger partial charge is 0.465 e. The number of ether oxygens (including phenoxy) is 3. The van der Waals surface area contributed by atoms with Crippen LogP contribution in [0.25, 0.3) is 10.8 Å². The van der Waals surface area contributed by atoms with Crippen molar-refractivity contribution in [2.75, 3.05) is 11.9 Å². The number of aryl methyl sites for hydroxylation is 2. The first-order chi connectivity index (χ1) is 41.1. The van der Waals surface area contributed by atoms with Crippen LogP contribution in [0.4, 0.5) is 5.69 Å². The average molecular weight is 1190 g/mol. The van der Waals surface area contributed by atoms with Crippen LogP contribution in [0.5, 0.6) is 11.5 Å². The van der Waals surface area contributed by atoms with Crippen LogP contribution in [-0.4, -0.2) is 36.3 Å². The summed E-state index contributed by atoms with van der Waals surface area (Å²) < 4.78 is 15.8. The number of amides is 2. The third-order valence-electron chi connectivity index (χ3n) is 13.2. The molecule has 3 unspecified atom stereocenters. The highest BCUT2D eigenvalue weighted by Gasteiger charge is 2.28. The van der Waals surface area contributed by atoms with Gasteiger partial charge in [-0.1, -0.05) is 251 Å². The maximum absolute atomic E-state index is 12.0. The van der Waals surface area contributed by atoms with E-state index in [0.717, 1.165) is 55.0 Å². The maximum Gasteiger partial charge on any atom is 0.316 e. The Morgan fingerprint density at radius 3 is 1.30 bits per heavy atom. The van der Waals surface area contributed by atoms with Crippen LogP contribution in [-0.2, 0) is 41.7 Å². The molecule has 0 heterocycles. The van der Waals surface area contributed by atoms with Gasteiger partial charge in [0.2, 0.25) is 11.8 Å². The summed E-state index contributed by atoms with van der Waals surface area (Å²) in [5, 5.41) is 8.04. The molecule has 6 aromatic carbocycles. The summed E-state index contributed by atoms with van der Waals surface area (Å²) in [4.78, 5) is 58.0. The van der Waals surface area contributed by atoms with Gasteiger partial charge in [-0.05, 0) is 132 Å². The fraction of sp³-hybridized carbons (Fsp3) is 0.487. The van der Waals surface area contributed by atoms with Crippen molar-refractivity contribution in [3.8, 4) is 11.5 Å². The molecule has 10 nitrogen and oxygen atoms in total. The zero-order chi connectivity index (χ0) is 66.7. The highest BCUT2D eigenvalue weighted by atomic mass is 16.5. The zero-order valence-corrected chi connectivity index (χ0v) is 58.1. The molecule has 10 heteroatoms. The summed E-state index contributed by atoms with van der Waals surface area (Å²) in [6.07, 6.45) is 4.93. The molecule has 2 amide bonds. The van der Waals surface area contributed by atoms with E-state index in [4.69, 9.17) is 14.2 Å². The first-order valence-electron chi connectivity index (χ1n) is 32.0. The van der Waals surface area contributed by atoms with Gasteiger partial charge in [-0.2, -0.15) is 0 Å². The number of fused-ring (bicyclic) bond motifs is 1. The van der Waals surface area contributed by atoms with Gasteiger partial charge in [0.25, 0.3) is 0 Å². The van der Waals surface area contributed by atoms with Gasteiger partial charge in [0.15, 0.2) is 0 Å². The van der Waals surface area contributed by atoms with Crippen LogP contribution < -0.4 is 20.1 Å². The minimum absolute atomic E-state index is 0.0146.